The van der Waals surface area contributed by atoms with Crippen LogP contribution in [0.1, 0.15) is 0 Å². The highest BCUT2D eigenvalue weighted by Crippen LogP contribution is 2.45. The van der Waals surface area contributed by atoms with Crippen molar-refractivity contribution in [2.45, 2.75) is 0 Å². The summed E-state index contributed by atoms with van der Waals surface area (Å²) < 4.78 is 14.5. The third-order valence-electron chi connectivity index (χ3n) is 14.7. The molecule has 16 rings (SSSR count). The first-order valence-electron chi connectivity index (χ1n) is 24.2. The number of hydrogen-bond acceptors (Lipinski definition) is 5. The van der Waals surface area contributed by atoms with E-state index in [9.17, 15) is 0 Å². The molecule has 7 heteroatoms. The molecule has 0 aliphatic rings. The van der Waals surface area contributed by atoms with Crippen molar-refractivity contribution in [1.29, 1.82) is 0 Å². The molecule has 0 bridgehead atoms. The average molecular weight is 936 g/mol. The Bertz CT molecular complexity index is 4940. The Labute approximate surface area is 414 Å². The lowest BCUT2D eigenvalue weighted by Gasteiger charge is -2.15. The molecule has 0 aliphatic carbocycles. The van der Waals surface area contributed by atoms with Gasteiger partial charge < -0.3 is 13.6 Å². The zero-order valence-corrected chi connectivity index (χ0v) is 39.2. The highest BCUT2D eigenvalue weighted by Gasteiger charge is 2.26. The van der Waals surface area contributed by atoms with Gasteiger partial charge in [-0.25, -0.2) is 15.0 Å². The summed E-state index contributed by atoms with van der Waals surface area (Å²) in [5.74, 6) is 1.68. The summed E-state index contributed by atoms with van der Waals surface area (Å²) in [6, 6.07) is 80.3. The lowest BCUT2D eigenvalue weighted by atomic mass is 10.0. The van der Waals surface area contributed by atoms with Crippen LogP contribution < -0.4 is 0 Å². The van der Waals surface area contributed by atoms with Crippen LogP contribution >= 0.6 is 11.3 Å². The zero-order valence-electron chi connectivity index (χ0n) is 38.4. The maximum atomic E-state index is 7.30. The summed E-state index contributed by atoms with van der Waals surface area (Å²) in [6.07, 6.45) is 0. The Morgan fingerprint density at radius 1 is 0.319 bits per heavy atom. The number of hydrogen-bond donors (Lipinski definition) is 0. The summed E-state index contributed by atoms with van der Waals surface area (Å²) in [5, 5.41) is 13.6. The SMILES string of the molecule is c1ccc(-n2c3ccccc3c3cc(-c4nc(-c5ccc6c(c5)sc5ccccc56)nc(-c5c(-n6c7ccccc7c7cc8ccccc8cc76)ccc6c5oc5c7ccccc7ccc65)n4)ccc32)cc1. The molecule has 0 aliphatic heterocycles. The summed E-state index contributed by atoms with van der Waals surface area (Å²) in [7, 11) is 0. The van der Waals surface area contributed by atoms with Gasteiger partial charge in [-0.15, -0.1) is 11.3 Å². The number of para-hydroxylation sites is 3. The third kappa shape index (κ3) is 5.74. The minimum absolute atomic E-state index is 0.522. The van der Waals surface area contributed by atoms with Gasteiger partial charge in [-0.05, 0) is 101 Å². The highest BCUT2D eigenvalue weighted by molar-refractivity contribution is 7.25. The van der Waals surface area contributed by atoms with Crippen molar-refractivity contribution in [1.82, 2.24) is 24.1 Å². The second kappa shape index (κ2) is 15.0. The van der Waals surface area contributed by atoms with E-state index in [-0.39, 0.29) is 0 Å². The fraction of sp³-hybridized carbons (Fsp3) is 0. The predicted molar refractivity (Wildman–Crippen MR) is 300 cm³/mol. The molecule has 0 atom stereocenters. The molecule has 0 amide bonds. The second-order valence-corrected chi connectivity index (χ2v) is 19.8. The summed E-state index contributed by atoms with van der Waals surface area (Å²) in [5.41, 5.74) is 10.6. The van der Waals surface area contributed by atoms with Crippen molar-refractivity contribution in [2.24, 2.45) is 0 Å². The average Bonchev–Trinajstić information content (AvgIpc) is 4.19. The molecule has 0 N–H and O–H groups in total. The number of rotatable bonds is 5. The normalized spacial score (nSPS) is 12.2. The van der Waals surface area contributed by atoms with Crippen LogP contribution in [0.15, 0.2) is 229 Å². The molecule has 16 aromatic rings. The smallest absolute Gasteiger partial charge is 0.170 e. The van der Waals surface area contributed by atoms with Crippen LogP contribution in [0.3, 0.4) is 0 Å². The maximum absolute atomic E-state index is 7.30. The Kier molecular flexibility index (Phi) is 8.23. The molecule has 5 heterocycles. The molecule has 334 valence electrons. The number of aromatic nitrogens is 5. The number of fused-ring (bicyclic) bond motifs is 15. The van der Waals surface area contributed by atoms with Gasteiger partial charge in [-0.3, -0.25) is 0 Å². The summed E-state index contributed by atoms with van der Waals surface area (Å²) in [6.45, 7) is 0. The Morgan fingerprint density at radius 2 is 0.875 bits per heavy atom. The molecule has 0 saturated carbocycles. The molecule has 6 nitrogen and oxygen atoms in total. The number of thiophene rings is 1. The van der Waals surface area contributed by atoms with Gasteiger partial charge in [-0.1, -0.05) is 140 Å². The Balaban J connectivity index is 1.03. The topological polar surface area (TPSA) is 61.7 Å². The standard InChI is InChI=1S/C65H37N5OS/c1-2-17-43(18-3-1)69-53-23-11-8-20-45(53)51-35-41(28-32-55(51)69)63-66-64(42-27-29-48-47-22-10-13-25-58(47)72-59(48)37-42)68-65(67-63)60-56(33-31-50-49-30-26-38-14-6-7-19-44(38)61(49)71-62(50)60)70-54-24-12-9-21-46(54)52-34-39-15-4-5-16-40(39)36-57(52)70/h1-37H. The number of nitrogens with zero attached hydrogens (tertiary/aromatic N) is 5. The second-order valence-electron chi connectivity index (χ2n) is 18.7. The van der Waals surface area contributed by atoms with Crippen LogP contribution in [0.4, 0.5) is 0 Å². The first kappa shape index (κ1) is 39.4. The molecule has 0 spiro atoms. The Morgan fingerprint density at radius 3 is 1.68 bits per heavy atom. The van der Waals surface area contributed by atoms with Crippen molar-refractivity contribution in [2.75, 3.05) is 0 Å². The van der Waals surface area contributed by atoms with E-state index in [4.69, 9.17) is 19.4 Å². The van der Waals surface area contributed by atoms with Crippen LogP contribution in [-0.4, -0.2) is 24.1 Å². The van der Waals surface area contributed by atoms with E-state index in [1.807, 2.05) is 0 Å². The van der Waals surface area contributed by atoms with E-state index in [0.29, 0.717) is 17.5 Å². The molecule has 0 radical (unpaired) electrons. The monoisotopic (exact) mass is 935 g/mol. The van der Waals surface area contributed by atoms with Crippen LogP contribution in [0.5, 0.6) is 0 Å². The van der Waals surface area contributed by atoms with Gasteiger partial charge >= 0.3 is 0 Å². The van der Waals surface area contributed by atoms with E-state index in [2.05, 4.69) is 234 Å². The minimum Gasteiger partial charge on any atom is -0.455 e. The van der Waals surface area contributed by atoms with E-state index in [1.165, 1.54) is 30.9 Å². The van der Waals surface area contributed by atoms with Crippen LogP contribution in [0.25, 0.3) is 153 Å². The predicted octanol–water partition coefficient (Wildman–Crippen LogP) is 17.6. The van der Waals surface area contributed by atoms with Gasteiger partial charge in [-0.2, -0.15) is 0 Å². The van der Waals surface area contributed by atoms with Gasteiger partial charge in [0.25, 0.3) is 0 Å². The first-order chi connectivity index (χ1) is 35.7. The van der Waals surface area contributed by atoms with Crippen LogP contribution in [-0.2, 0) is 0 Å². The third-order valence-corrected chi connectivity index (χ3v) is 15.9. The first-order valence-corrected chi connectivity index (χ1v) is 25.1. The van der Waals surface area contributed by atoms with Gasteiger partial charge in [0.1, 0.15) is 11.2 Å². The van der Waals surface area contributed by atoms with Crippen molar-refractivity contribution in [3.63, 3.8) is 0 Å². The van der Waals surface area contributed by atoms with Gasteiger partial charge in [0.2, 0.25) is 0 Å². The lowest BCUT2D eigenvalue weighted by molar-refractivity contribution is 0.673. The zero-order chi connectivity index (χ0) is 47.0. The van der Waals surface area contributed by atoms with Crippen molar-refractivity contribution < 1.29 is 4.42 Å². The fourth-order valence-corrected chi connectivity index (χ4v) is 12.6. The quantitative estimate of drug-likeness (QED) is 0.172. The van der Waals surface area contributed by atoms with E-state index >= 15 is 0 Å². The summed E-state index contributed by atoms with van der Waals surface area (Å²) in [4.78, 5) is 16.6. The van der Waals surface area contributed by atoms with E-state index in [0.717, 1.165) is 104 Å². The summed E-state index contributed by atoms with van der Waals surface area (Å²) >= 11 is 1.79. The molecular weight excluding hydrogens is 899 g/mol. The minimum atomic E-state index is 0.522. The lowest BCUT2D eigenvalue weighted by Crippen LogP contribution is -2.04. The van der Waals surface area contributed by atoms with Gasteiger partial charge in [0.05, 0.1) is 33.3 Å². The molecule has 11 aromatic carbocycles. The molecular formula is C65H37N5OS. The molecule has 0 fully saturated rings. The largest absolute Gasteiger partial charge is 0.455 e. The van der Waals surface area contributed by atoms with Crippen molar-refractivity contribution >= 4 is 119 Å². The molecule has 72 heavy (non-hydrogen) atoms. The number of benzene rings is 11. The molecule has 0 saturated heterocycles. The molecule has 0 unspecified atom stereocenters. The van der Waals surface area contributed by atoms with Crippen LogP contribution in [0.2, 0.25) is 0 Å². The van der Waals surface area contributed by atoms with Gasteiger partial charge in [0.15, 0.2) is 17.5 Å². The van der Waals surface area contributed by atoms with E-state index in [1.54, 1.807) is 11.3 Å². The Hall–Kier alpha value is -9.43. The number of furan rings is 1. The molecule has 5 aromatic heterocycles. The fourth-order valence-electron chi connectivity index (χ4n) is 11.5. The highest BCUT2D eigenvalue weighted by atomic mass is 32.1. The van der Waals surface area contributed by atoms with Gasteiger partial charge in [0, 0.05) is 74.7 Å². The maximum Gasteiger partial charge on any atom is 0.170 e. The van der Waals surface area contributed by atoms with Crippen molar-refractivity contribution in [3.05, 3.63) is 224 Å². The van der Waals surface area contributed by atoms with Crippen molar-refractivity contribution in [3.8, 4) is 45.5 Å². The van der Waals surface area contributed by atoms with Crippen LogP contribution in [0, 0.1) is 0 Å². The van der Waals surface area contributed by atoms with E-state index < -0.39 is 0 Å².